The molecule has 106 valence electrons. The number of nitriles is 1. The molecule has 0 fully saturated rings. The smallest absolute Gasteiger partial charge is 0.276 e. The summed E-state index contributed by atoms with van der Waals surface area (Å²) in [5.41, 5.74) is -0.427. The quantitative estimate of drug-likeness (QED) is 0.623. The molecule has 0 amide bonds. The third-order valence-electron chi connectivity index (χ3n) is 2.89. The van der Waals surface area contributed by atoms with Gasteiger partial charge in [-0.25, -0.2) is 4.39 Å². The molecule has 6 heteroatoms. The zero-order chi connectivity index (χ0) is 15.2. The van der Waals surface area contributed by atoms with Crippen LogP contribution in [-0.2, 0) is 13.0 Å². The van der Waals surface area contributed by atoms with Gasteiger partial charge in [-0.2, -0.15) is 5.26 Å². The topological polar surface area (TPSA) is 76.2 Å². The van der Waals surface area contributed by atoms with Crippen LogP contribution >= 0.6 is 0 Å². The molecule has 0 saturated carbocycles. The molecule has 0 saturated heterocycles. The lowest BCUT2D eigenvalue weighted by atomic mass is 10.1. The van der Waals surface area contributed by atoms with Gasteiger partial charge in [0, 0.05) is 11.6 Å². The zero-order valence-electron chi connectivity index (χ0n) is 11.0. The average Bonchev–Trinajstić information content (AvgIpc) is 2.49. The van der Waals surface area contributed by atoms with E-state index in [4.69, 9.17) is 10.00 Å². The van der Waals surface area contributed by atoms with Gasteiger partial charge < -0.3 is 4.74 Å². The Hall–Kier alpha value is -2.94. The molecule has 2 rings (SSSR count). The number of nitrogens with zero attached hydrogens (tertiary/aromatic N) is 2. The highest BCUT2D eigenvalue weighted by molar-refractivity contribution is 5.45. The van der Waals surface area contributed by atoms with Crippen LogP contribution in [0.4, 0.5) is 10.1 Å². The van der Waals surface area contributed by atoms with Crippen molar-refractivity contribution in [2.45, 2.75) is 13.0 Å². The number of hydrogen-bond donors (Lipinski definition) is 0. The predicted molar refractivity (Wildman–Crippen MR) is 73.1 cm³/mol. The average molecular weight is 286 g/mol. The lowest BCUT2D eigenvalue weighted by Gasteiger charge is -2.09. The maximum atomic E-state index is 14.2. The summed E-state index contributed by atoms with van der Waals surface area (Å²) >= 11 is 0. The molecular weight excluding hydrogens is 275 g/mol. The van der Waals surface area contributed by atoms with Gasteiger partial charge in [0.05, 0.1) is 23.0 Å². The number of ether oxygens (including phenoxy) is 1. The van der Waals surface area contributed by atoms with Gasteiger partial charge in [-0.05, 0) is 18.2 Å². The minimum Gasteiger partial charge on any atom is -0.489 e. The van der Waals surface area contributed by atoms with Crippen LogP contribution in [0, 0.1) is 27.3 Å². The molecule has 0 aliphatic heterocycles. The summed E-state index contributed by atoms with van der Waals surface area (Å²) in [7, 11) is 0. The molecule has 0 aliphatic rings. The number of nitro benzene ring substituents is 1. The van der Waals surface area contributed by atoms with Gasteiger partial charge in [-0.3, -0.25) is 10.1 Å². The van der Waals surface area contributed by atoms with Crippen LogP contribution in [0.25, 0.3) is 0 Å². The van der Waals surface area contributed by atoms with Gasteiger partial charge in [0.2, 0.25) is 0 Å². The molecule has 0 atom stereocenters. The van der Waals surface area contributed by atoms with E-state index in [1.165, 1.54) is 12.1 Å². The van der Waals surface area contributed by atoms with Gasteiger partial charge in [0.15, 0.2) is 0 Å². The molecule has 2 aromatic carbocycles. The zero-order valence-corrected chi connectivity index (χ0v) is 11.0. The Kier molecular flexibility index (Phi) is 4.46. The first-order valence-electron chi connectivity index (χ1n) is 6.13. The van der Waals surface area contributed by atoms with E-state index in [0.29, 0.717) is 5.75 Å². The molecule has 5 nitrogen and oxygen atoms in total. The highest BCUT2D eigenvalue weighted by atomic mass is 19.1. The lowest BCUT2D eigenvalue weighted by molar-refractivity contribution is -0.385. The second-order valence-electron chi connectivity index (χ2n) is 4.23. The van der Waals surface area contributed by atoms with Crippen LogP contribution in [0.15, 0.2) is 42.5 Å². The van der Waals surface area contributed by atoms with Gasteiger partial charge in [-0.1, -0.05) is 18.2 Å². The Morgan fingerprint density at radius 2 is 1.95 bits per heavy atom. The van der Waals surface area contributed by atoms with Gasteiger partial charge in [-0.15, -0.1) is 0 Å². The van der Waals surface area contributed by atoms with Crippen LogP contribution < -0.4 is 4.74 Å². The summed E-state index contributed by atoms with van der Waals surface area (Å²) in [5.74, 6) is -0.196. The second-order valence-corrected chi connectivity index (χ2v) is 4.23. The Labute approximate surface area is 120 Å². The first-order valence-corrected chi connectivity index (χ1v) is 6.13. The highest BCUT2D eigenvalue weighted by Crippen LogP contribution is 2.25. The molecule has 0 spiro atoms. The van der Waals surface area contributed by atoms with E-state index in [1.54, 1.807) is 30.3 Å². The van der Waals surface area contributed by atoms with Crippen molar-refractivity contribution < 1.29 is 14.1 Å². The minimum atomic E-state index is -0.762. The maximum absolute atomic E-state index is 14.2. The van der Waals surface area contributed by atoms with E-state index >= 15 is 0 Å². The fraction of sp³-hybridized carbons (Fsp3) is 0.133. The molecule has 2 aromatic rings. The van der Waals surface area contributed by atoms with E-state index in [0.717, 1.165) is 0 Å². The summed E-state index contributed by atoms with van der Waals surface area (Å²) in [6, 6.07) is 13.1. The molecule has 0 unspecified atom stereocenters. The molecule has 21 heavy (non-hydrogen) atoms. The molecule has 0 aliphatic carbocycles. The van der Waals surface area contributed by atoms with E-state index < -0.39 is 16.4 Å². The normalized spacial score (nSPS) is 9.90. The predicted octanol–water partition coefficient (Wildman–Crippen LogP) is 3.38. The molecule has 0 aromatic heterocycles. The number of hydrogen-bond acceptors (Lipinski definition) is 4. The number of nitro groups is 1. The highest BCUT2D eigenvalue weighted by Gasteiger charge is 2.21. The minimum absolute atomic E-state index is 0.0632. The number of benzene rings is 2. The van der Waals surface area contributed by atoms with Crippen LogP contribution in [-0.4, -0.2) is 4.92 Å². The maximum Gasteiger partial charge on any atom is 0.276 e. The van der Waals surface area contributed by atoms with Crippen molar-refractivity contribution in [1.29, 1.82) is 5.26 Å². The standard InChI is InChI=1S/C15H11FN2O3/c16-15-11(10-21-12-4-2-1-3-5-12)6-7-14(18(19)20)13(15)8-9-17/h1-7H,8,10H2. The number of halogens is 1. The molecule has 0 bridgehead atoms. The fourth-order valence-electron chi connectivity index (χ4n) is 1.87. The summed E-state index contributed by atoms with van der Waals surface area (Å²) in [6.45, 7) is -0.0632. The van der Waals surface area contributed by atoms with Crippen molar-refractivity contribution in [1.82, 2.24) is 0 Å². The second kappa shape index (κ2) is 6.48. The Bertz CT molecular complexity index is 696. The summed E-state index contributed by atoms with van der Waals surface area (Å²) in [4.78, 5) is 10.1. The molecule has 0 radical (unpaired) electrons. The molecule has 0 heterocycles. The van der Waals surface area contributed by atoms with Crippen molar-refractivity contribution in [3.63, 3.8) is 0 Å². The van der Waals surface area contributed by atoms with Crippen LogP contribution in [0.1, 0.15) is 11.1 Å². The lowest BCUT2D eigenvalue weighted by Crippen LogP contribution is -2.05. The summed E-state index contributed by atoms with van der Waals surface area (Å²) in [6.07, 6.45) is -0.360. The summed E-state index contributed by atoms with van der Waals surface area (Å²) < 4.78 is 19.7. The van der Waals surface area contributed by atoms with Crippen LogP contribution in [0.3, 0.4) is 0 Å². The molecular formula is C15H11FN2O3. The van der Waals surface area contributed by atoms with Crippen molar-refractivity contribution in [3.8, 4) is 11.8 Å². The number of rotatable bonds is 5. The Morgan fingerprint density at radius 3 is 2.57 bits per heavy atom. The van der Waals surface area contributed by atoms with Gasteiger partial charge >= 0.3 is 0 Å². The molecule has 0 N–H and O–H groups in total. The Morgan fingerprint density at radius 1 is 1.24 bits per heavy atom. The van der Waals surface area contributed by atoms with Crippen molar-refractivity contribution in [3.05, 3.63) is 69.5 Å². The van der Waals surface area contributed by atoms with Crippen molar-refractivity contribution >= 4 is 5.69 Å². The third kappa shape index (κ3) is 3.34. The fourth-order valence-corrected chi connectivity index (χ4v) is 1.87. The first-order chi connectivity index (χ1) is 10.1. The summed E-state index contributed by atoms with van der Waals surface area (Å²) in [5, 5.41) is 19.5. The largest absolute Gasteiger partial charge is 0.489 e. The van der Waals surface area contributed by atoms with Crippen LogP contribution in [0.5, 0.6) is 5.75 Å². The third-order valence-corrected chi connectivity index (χ3v) is 2.89. The van der Waals surface area contributed by atoms with Crippen molar-refractivity contribution in [2.24, 2.45) is 0 Å². The van der Waals surface area contributed by atoms with Gasteiger partial charge in [0.25, 0.3) is 5.69 Å². The van der Waals surface area contributed by atoms with Crippen molar-refractivity contribution in [2.75, 3.05) is 0 Å². The van der Waals surface area contributed by atoms with Gasteiger partial charge in [0.1, 0.15) is 18.2 Å². The van der Waals surface area contributed by atoms with Crippen LogP contribution in [0.2, 0.25) is 0 Å². The van der Waals surface area contributed by atoms with E-state index in [-0.39, 0.29) is 24.2 Å². The monoisotopic (exact) mass is 286 g/mol. The van der Waals surface area contributed by atoms with E-state index in [2.05, 4.69) is 0 Å². The Balaban J connectivity index is 2.27. The SMILES string of the molecule is N#CCc1c([N+](=O)[O-])ccc(COc2ccccc2)c1F. The number of para-hydroxylation sites is 1. The first kappa shape index (κ1) is 14.5. The van der Waals surface area contributed by atoms with E-state index in [1.807, 2.05) is 6.07 Å². The van der Waals surface area contributed by atoms with E-state index in [9.17, 15) is 14.5 Å².